The zero-order valence-electron chi connectivity index (χ0n) is 16.3. The Morgan fingerprint density at radius 1 is 0.966 bits per heavy atom. The van der Waals surface area contributed by atoms with E-state index in [1.54, 1.807) is 25.6 Å². The van der Waals surface area contributed by atoms with Gasteiger partial charge in [0.25, 0.3) is 5.91 Å². The highest BCUT2D eigenvalue weighted by atomic mass is 16.5. The van der Waals surface area contributed by atoms with E-state index in [1.807, 2.05) is 53.4 Å². The van der Waals surface area contributed by atoms with E-state index in [1.165, 1.54) is 0 Å². The Bertz CT molecular complexity index is 972. The number of rotatable bonds is 5. The normalized spacial score (nSPS) is 13.8. The zero-order valence-corrected chi connectivity index (χ0v) is 16.3. The summed E-state index contributed by atoms with van der Waals surface area (Å²) in [6.45, 7) is 2.78. The van der Waals surface area contributed by atoms with Gasteiger partial charge in [0.1, 0.15) is 17.3 Å². The Kier molecular flexibility index (Phi) is 5.56. The van der Waals surface area contributed by atoms with Crippen molar-refractivity contribution >= 4 is 23.1 Å². The van der Waals surface area contributed by atoms with E-state index in [-0.39, 0.29) is 5.91 Å². The molecule has 0 atom stereocenters. The minimum absolute atomic E-state index is 0.0608. The number of piperazine rings is 1. The van der Waals surface area contributed by atoms with Gasteiger partial charge in [-0.3, -0.25) is 9.78 Å². The molecule has 1 fully saturated rings. The van der Waals surface area contributed by atoms with E-state index in [0.717, 1.165) is 36.0 Å². The molecule has 0 aliphatic carbocycles. The number of anilines is 3. The molecule has 2 aromatic heterocycles. The third kappa shape index (κ3) is 4.29. The molecule has 0 bridgehead atoms. The number of para-hydroxylation sites is 2. The predicted molar refractivity (Wildman–Crippen MR) is 113 cm³/mol. The summed E-state index contributed by atoms with van der Waals surface area (Å²) in [6.07, 6.45) is 3.44. The largest absolute Gasteiger partial charge is 0.495 e. The molecule has 7 nitrogen and oxygen atoms in total. The number of amides is 1. The van der Waals surface area contributed by atoms with Gasteiger partial charge < -0.3 is 19.9 Å². The number of nitrogens with one attached hydrogen (secondary N) is 1. The third-order valence-electron chi connectivity index (χ3n) is 4.91. The number of carbonyl (C=O) groups is 1. The summed E-state index contributed by atoms with van der Waals surface area (Å²) in [5.41, 5.74) is 2.06. The fourth-order valence-electron chi connectivity index (χ4n) is 3.37. The van der Waals surface area contributed by atoms with Gasteiger partial charge in [-0.2, -0.15) is 0 Å². The number of benzene rings is 1. The highest BCUT2D eigenvalue weighted by Crippen LogP contribution is 2.27. The molecule has 1 saturated heterocycles. The number of ether oxygens (including phenoxy) is 1. The van der Waals surface area contributed by atoms with E-state index >= 15 is 0 Å². The maximum atomic E-state index is 12.9. The van der Waals surface area contributed by atoms with Crippen molar-refractivity contribution in [3.63, 3.8) is 0 Å². The van der Waals surface area contributed by atoms with Crippen LogP contribution in [0.5, 0.6) is 5.75 Å². The molecule has 0 saturated carbocycles. The number of methoxy groups -OCH3 is 1. The van der Waals surface area contributed by atoms with Gasteiger partial charge in [-0.1, -0.05) is 18.2 Å². The van der Waals surface area contributed by atoms with Gasteiger partial charge in [0.15, 0.2) is 0 Å². The number of nitrogens with zero attached hydrogens (tertiary/aromatic N) is 4. The van der Waals surface area contributed by atoms with Gasteiger partial charge in [0.05, 0.1) is 12.8 Å². The molecule has 3 aromatic rings. The lowest BCUT2D eigenvalue weighted by Gasteiger charge is -2.35. The SMILES string of the molecule is COc1ccccc1Nc1ccnc(C(=O)N2CCN(c3ccccn3)CC2)c1. The molecule has 29 heavy (non-hydrogen) atoms. The standard InChI is InChI=1S/C22H23N5O2/c1-29-20-7-3-2-6-18(20)25-17-9-11-23-19(16-17)22(28)27-14-12-26(13-15-27)21-8-4-5-10-24-21/h2-11,16H,12-15H2,1H3,(H,23,25). The van der Waals surface area contributed by atoms with Gasteiger partial charge in [0, 0.05) is 44.3 Å². The number of aromatic nitrogens is 2. The number of hydrogen-bond donors (Lipinski definition) is 1. The lowest BCUT2D eigenvalue weighted by molar-refractivity contribution is 0.0740. The van der Waals surface area contributed by atoms with Crippen LogP contribution in [-0.4, -0.2) is 54.1 Å². The van der Waals surface area contributed by atoms with Crippen LogP contribution in [-0.2, 0) is 0 Å². The summed E-state index contributed by atoms with van der Waals surface area (Å²) in [5, 5.41) is 3.30. The molecule has 0 unspecified atom stereocenters. The second-order valence-corrected chi connectivity index (χ2v) is 6.72. The van der Waals surface area contributed by atoms with Crippen LogP contribution in [0.1, 0.15) is 10.5 Å². The fourth-order valence-corrected chi connectivity index (χ4v) is 3.37. The predicted octanol–water partition coefficient (Wildman–Crippen LogP) is 3.19. The highest BCUT2D eigenvalue weighted by molar-refractivity contribution is 5.93. The molecule has 3 heterocycles. The second kappa shape index (κ2) is 8.60. The zero-order chi connectivity index (χ0) is 20.1. The average Bonchev–Trinajstić information content (AvgIpc) is 2.80. The van der Waals surface area contributed by atoms with Gasteiger partial charge in [-0.15, -0.1) is 0 Å². The van der Waals surface area contributed by atoms with Crippen molar-refractivity contribution in [2.24, 2.45) is 0 Å². The Hall–Kier alpha value is -3.61. The van der Waals surface area contributed by atoms with E-state index in [9.17, 15) is 4.79 Å². The molecule has 1 aromatic carbocycles. The monoisotopic (exact) mass is 389 g/mol. The Morgan fingerprint density at radius 2 is 1.76 bits per heavy atom. The molecule has 4 rings (SSSR count). The first-order valence-electron chi connectivity index (χ1n) is 9.56. The summed E-state index contributed by atoms with van der Waals surface area (Å²) < 4.78 is 5.37. The van der Waals surface area contributed by atoms with Gasteiger partial charge >= 0.3 is 0 Å². The van der Waals surface area contributed by atoms with Crippen LogP contribution in [0.25, 0.3) is 0 Å². The van der Waals surface area contributed by atoms with Gasteiger partial charge in [-0.25, -0.2) is 4.98 Å². The summed E-state index contributed by atoms with van der Waals surface area (Å²) in [6, 6.07) is 17.1. The molecule has 0 spiro atoms. The first-order valence-corrected chi connectivity index (χ1v) is 9.56. The average molecular weight is 389 g/mol. The smallest absolute Gasteiger partial charge is 0.272 e. The van der Waals surface area contributed by atoms with Crippen molar-refractivity contribution in [3.05, 3.63) is 72.7 Å². The molecule has 1 aliphatic heterocycles. The molecule has 1 N–H and O–H groups in total. The van der Waals surface area contributed by atoms with Crippen molar-refractivity contribution < 1.29 is 9.53 Å². The molecular formula is C22H23N5O2. The number of pyridine rings is 2. The summed E-state index contributed by atoms with van der Waals surface area (Å²) in [4.78, 5) is 25.7. The lowest BCUT2D eigenvalue weighted by Crippen LogP contribution is -2.49. The van der Waals surface area contributed by atoms with E-state index < -0.39 is 0 Å². The van der Waals surface area contributed by atoms with E-state index in [0.29, 0.717) is 18.8 Å². The molecule has 1 aliphatic rings. The molecular weight excluding hydrogens is 366 g/mol. The fraction of sp³-hybridized carbons (Fsp3) is 0.227. The maximum absolute atomic E-state index is 12.9. The summed E-state index contributed by atoms with van der Waals surface area (Å²) in [7, 11) is 1.63. The third-order valence-corrected chi connectivity index (χ3v) is 4.91. The van der Waals surface area contributed by atoms with Crippen LogP contribution in [0.2, 0.25) is 0 Å². The van der Waals surface area contributed by atoms with Crippen LogP contribution in [0, 0.1) is 0 Å². The Balaban J connectivity index is 1.43. The van der Waals surface area contributed by atoms with Crippen LogP contribution in [0.15, 0.2) is 67.0 Å². The van der Waals surface area contributed by atoms with E-state index in [4.69, 9.17) is 4.74 Å². The second-order valence-electron chi connectivity index (χ2n) is 6.72. The maximum Gasteiger partial charge on any atom is 0.272 e. The summed E-state index contributed by atoms with van der Waals surface area (Å²) in [5.74, 6) is 1.62. The number of carbonyl (C=O) groups excluding carboxylic acids is 1. The van der Waals surface area contributed by atoms with Crippen LogP contribution in [0.3, 0.4) is 0 Å². The highest BCUT2D eigenvalue weighted by Gasteiger charge is 2.23. The quantitative estimate of drug-likeness (QED) is 0.723. The molecule has 1 amide bonds. The lowest BCUT2D eigenvalue weighted by atomic mass is 10.2. The molecule has 7 heteroatoms. The van der Waals surface area contributed by atoms with Crippen LogP contribution < -0.4 is 15.0 Å². The van der Waals surface area contributed by atoms with Crippen LogP contribution >= 0.6 is 0 Å². The van der Waals surface area contributed by atoms with Crippen molar-refractivity contribution in [2.75, 3.05) is 43.5 Å². The van der Waals surface area contributed by atoms with Crippen molar-refractivity contribution in [3.8, 4) is 5.75 Å². The van der Waals surface area contributed by atoms with Gasteiger partial charge in [0.2, 0.25) is 0 Å². The minimum atomic E-state index is -0.0608. The Morgan fingerprint density at radius 3 is 2.52 bits per heavy atom. The first kappa shape index (κ1) is 18.7. The summed E-state index contributed by atoms with van der Waals surface area (Å²) >= 11 is 0. The van der Waals surface area contributed by atoms with E-state index in [2.05, 4.69) is 20.2 Å². The van der Waals surface area contributed by atoms with Crippen molar-refractivity contribution in [1.29, 1.82) is 0 Å². The van der Waals surface area contributed by atoms with Gasteiger partial charge in [-0.05, 0) is 36.4 Å². The molecule has 148 valence electrons. The Labute approximate surface area is 170 Å². The van der Waals surface area contributed by atoms with Crippen LogP contribution in [0.4, 0.5) is 17.2 Å². The topological polar surface area (TPSA) is 70.6 Å². The minimum Gasteiger partial charge on any atom is -0.495 e. The number of hydrogen-bond acceptors (Lipinski definition) is 6. The molecule has 0 radical (unpaired) electrons. The first-order chi connectivity index (χ1) is 14.2. The van der Waals surface area contributed by atoms with Crippen molar-refractivity contribution in [2.45, 2.75) is 0 Å². The van der Waals surface area contributed by atoms with Crippen molar-refractivity contribution in [1.82, 2.24) is 14.9 Å².